The molecule has 0 amide bonds. The highest BCUT2D eigenvalue weighted by molar-refractivity contribution is 6.17. The van der Waals surface area contributed by atoms with E-state index in [4.69, 9.17) is 16.3 Å². The molecule has 0 unspecified atom stereocenters. The molecule has 0 bridgehead atoms. The average molecular weight is 249 g/mol. The quantitative estimate of drug-likeness (QED) is 0.735. The smallest absolute Gasteiger partial charge is 0.133 e. The van der Waals surface area contributed by atoms with Gasteiger partial charge >= 0.3 is 0 Å². The molecule has 0 heterocycles. The summed E-state index contributed by atoms with van der Waals surface area (Å²) in [6, 6.07) is 2.38. The molecule has 4 heteroatoms. The second-order valence-electron chi connectivity index (χ2n) is 4.29. The fraction of sp³-hybridized carbons (Fsp3) is 0.500. The van der Waals surface area contributed by atoms with E-state index in [-0.39, 0.29) is 11.3 Å². The Morgan fingerprint density at radius 1 is 1.25 bits per heavy atom. The van der Waals surface area contributed by atoms with Gasteiger partial charge in [0.05, 0.1) is 7.11 Å². The van der Waals surface area contributed by atoms with E-state index < -0.39 is 17.0 Å². The fourth-order valence-electron chi connectivity index (χ4n) is 1.68. The lowest BCUT2D eigenvalue weighted by atomic mass is 9.81. The maximum atomic E-state index is 13.8. The Labute approximate surface area is 99.4 Å². The first-order chi connectivity index (χ1) is 7.42. The van der Waals surface area contributed by atoms with Gasteiger partial charge in [-0.3, -0.25) is 0 Å². The molecular weight excluding hydrogens is 234 g/mol. The number of ether oxygens (including phenoxy) is 1. The van der Waals surface area contributed by atoms with E-state index in [1.165, 1.54) is 19.2 Å². The Morgan fingerprint density at radius 2 is 1.75 bits per heavy atom. The molecule has 0 aromatic heterocycles. The van der Waals surface area contributed by atoms with E-state index in [1.54, 1.807) is 13.8 Å². The van der Waals surface area contributed by atoms with Gasteiger partial charge in [0.1, 0.15) is 17.4 Å². The maximum Gasteiger partial charge on any atom is 0.133 e. The molecule has 0 N–H and O–H groups in total. The summed E-state index contributed by atoms with van der Waals surface area (Å²) in [7, 11) is 1.37. The summed E-state index contributed by atoms with van der Waals surface area (Å²) in [5.74, 6) is -0.642. The predicted octanol–water partition coefficient (Wildman–Crippen LogP) is 3.88. The zero-order valence-corrected chi connectivity index (χ0v) is 10.4. The van der Waals surface area contributed by atoms with Crippen LogP contribution in [0, 0.1) is 11.6 Å². The van der Waals surface area contributed by atoms with Crippen LogP contribution in [0.25, 0.3) is 0 Å². The van der Waals surface area contributed by atoms with Gasteiger partial charge in [0.2, 0.25) is 0 Å². The van der Waals surface area contributed by atoms with Crippen molar-refractivity contribution in [3.05, 3.63) is 29.3 Å². The molecule has 90 valence electrons. The minimum atomic E-state index is -0.623. The second kappa shape index (κ2) is 5.00. The number of hydrogen-bond donors (Lipinski definition) is 0. The zero-order valence-electron chi connectivity index (χ0n) is 9.61. The normalized spacial score (nSPS) is 11.6. The van der Waals surface area contributed by atoms with Crippen molar-refractivity contribution in [2.24, 2.45) is 0 Å². The molecule has 0 radical (unpaired) electrons. The van der Waals surface area contributed by atoms with Gasteiger partial charge in [-0.05, 0) is 11.8 Å². The molecule has 0 spiro atoms. The molecule has 1 aromatic carbocycles. The van der Waals surface area contributed by atoms with Gasteiger partial charge in [-0.2, -0.15) is 0 Å². The van der Waals surface area contributed by atoms with Crippen molar-refractivity contribution in [1.82, 2.24) is 0 Å². The van der Waals surface area contributed by atoms with Gasteiger partial charge in [0.15, 0.2) is 0 Å². The van der Waals surface area contributed by atoms with Crippen LogP contribution in [0.5, 0.6) is 5.75 Å². The van der Waals surface area contributed by atoms with Crippen molar-refractivity contribution in [3.8, 4) is 5.75 Å². The molecule has 1 rings (SSSR count). The summed E-state index contributed by atoms with van der Waals surface area (Å²) in [5.41, 5.74) is -0.559. The van der Waals surface area contributed by atoms with Gasteiger partial charge in [0.25, 0.3) is 0 Å². The molecule has 0 aliphatic carbocycles. The Balaban J connectivity index is 3.23. The second-order valence-corrected chi connectivity index (χ2v) is 4.67. The Hall–Kier alpha value is -0.830. The Morgan fingerprint density at radius 3 is 2.12 bits per heavy atom. The van der Waals surface area contributed by atoms with Crippen LogP contribution in [0.1, 0.15) is 25.8 Å². The topological polar surface area (TPSA) is 9.23 Å². The van der Waals surface area contributed by atoms with Crippen molar-refractivity contribution in [2.45, 2.75) is 25.7 Å². The van der Waals surface area contributed by atoms with Crippen LogP contribution in [0.4, 0.5) is 8.78 Å². The number of methoxy groups -OCH3 is 1. The summed E-state index contributed by atoms with van der Waals surface area (Å²) < 4.78 is 32.3. The molecule has 1 nitrogen and oxygen atoms in total. The highest BCUT2D eigenvalue weighted by atomic mass is 35.5. The van der Waals surface area contributed by atoms with Crippen LogP contribution in [-0.2, 0) is 5.41 Å². The van der Waals surface area contributed by atoms with E-state index in [0.717, 1.165) is 0 Å². The van der Waals surface area contributed by atoms with Gasteiger partial charge in [-0.15, -0.1) is 11.6 Å². The summed E-state index contributed by atoms with van der Waals surface area (Å²) in [5, 5.41) is 0. The predicted molar refractivity (Wildman–Crippen MR) is 61.3 cm³/mol. The standard InChI is InChI=1S/C12H15ClF2O/c1-12(2,4-5-13)11-9(14)6-8(16-3)7-10(11)15/h6-7H,4-5H2,1-3H3. The highest BCUT2D eigenvalue weighted by Crippen LogP contribution is 2.33. The van der Waals surface area contributed by atoms with Crippen molar-refractivity contribution < 1.29 is 13.5 Å². The number of halogens is 3. The first-order valence-electron chi connectivity index (χ1n) is 5.02. The molecule has 0 atom stereocenters. The maximum absolute atomic E-state index is 13.8. The molecule has 0 fully saturated rings. The molecule has 0 saturated heterocycles. The van der Waals surface area contributed by atoms with Crippen LogP contribution in [0.3, 0.4) is 0 Å². The molecule has 1 aromatic rings. The molecule has 16 heavy (non-hydrogen) atoms. The van der Waals surface area contributed by atoms with E-state index in [0.29, 0.717) is 12.3 Å². The van der Waals surface area contributed by atoms with Crippen molar-refractivity contribution in [3.63, 3.8) is 0 Å². The van der Waals surface area contributed by atoms with Crippen LogP contribution < -0.4 is 4.74 Å². The molecule has 0 aliphatic heterocycles. The third-order valence-corrected chi connectivity index (χ3v) is 2.84. The summed E-state index contributed by atoms with van der Waals surface area (Å²) in [4.78, 5) is 0. The summed E-state index contributed by atoms with van der Waals surface area (Å²) >= 11 is 5.63. The van der Waals surface area contributed by atoms with Gasteiger partial charge < -0.3 is 4.74 Å². The third kappa shape index (κ3) is 2.64. The van der Waals surface area contributed by atoms with Crippen LogP contribution in [0.15, 0.2) is 12.1 Å². The fourth-order valence-corrected chi connectivity index (χ4v) is 2.15. The summed E-state index contributed by atoms with van der Waals surface area (Å²) in [6.45, 7) is 3.53. The SMILES string of the molecule is COc1cc(F)c(C(C)(C)CCCl)c(F)c1. The van der Waals surface area contributed by atoms with E-state index in [9.17, 15) is 8.78 Å². The van der Waals surface area contributed by atoms with Crippen molar-refractivity contribution in [1.29, 1.82) is 0 Å². The Bertz CT molecular complexity index is 354. The number of benzene rings is 1. The Kier molecular flexibility index (Phi) is 4.14. The van der Waals surface area contributed by atoms with Crippen molar-refractivity contribution in [2.75, 3.05) is 13.0 Å². The number of hydrogen-bond acceptors (Lipinski definition) is 1. The highest BCUT2D eigenvalue weighted by Gasteiger charge is 2.28. The number of rotatable bonds is 4. The lowest BCUT2D eigenvalue weighted by molar-refractivity contribution is 0.394. The van der Waals surface area contributed by atoms with E-state index in [2.05, 4.69) is 0 Å². The average Bonchev–Trinajstić information content (AvgIpc) is 2.15. The minimum absolute atomic E-state index is 0.0638. The van der Waals surface area contributed by atoms with Gasteiger partial charge in [0, 0.05) is 23.6 Å². The van der Waals surface area contributed by atoms with E-state index >= 15 is 0 Å². The van der Waals surface area contributed by atoms with Crippen LogP contribution in [0.2, 0.25) is 0 Å². The first-order valence-corrected chi connectivity index (χ1v) is 5.55. The largest absolute Gasteiger partial charge is 0.497 e. The molecular formula is C12H15ClF2O. The monoisotopic (exact) mass is 248 g/mol. The zero-order chi connectivity index (χ0) is 12.3. The van der Waals surface area contributed by atoms with Crippen molar-refractivity contribution >= 4 is 11.6 Å². The lowest BCUT2D eigenvalue weighted by Gasteiger charge is -2.25. The minimum Gasteiger partial charge on any atom is -0.497 e. The van der Waals surface area contributed by atoms with Crippen LogP contribution in [-0.4, -0.2) is 13.0 Å². The van der Waals surface area contributed by atoms with Gasteiger partial charge in [-0.25, -0.2) is 8.78 Å². The third-order valence-electron chi connectivity index (χ3n) is 2.65. The van der Waals surface area contributed by atoms with E-state index in [1.807, 2.05) is 0 Å². The molecule has 0 aliphatic rings. The van der Waals surface area contributed by atoms with Gasteiger partial charge in [-0.1, -0.05) is 13.8 Å². The summed E-state index contributed by atoms with van der Waals surface area (Å²) in [6.07, 6.45) is 0.509. The first kappa shape index (κ1) is 13.2. The number of alkyl halides is 1. The lowest BCUT2D eigenvalue weighted by Crippen LogP contribution is -2.21. The molecule has 0 saturated carbocycles. The van der Waals surface area contributed by atoms with Crippen LogP contribution >= 0.6 is 11.6 Å².